The van der Waals surface area contributed by atoms with Crippen LogP contribution in [-0.4, -0.2) is 11.2 Å². The zero-order valence-corrected chi connectivity index (χ0v) is 13.3. The zero-order chi connectivity index (χ0) is 16.4. The lowest BCUT2D eigenvalue weighted by Crippen LogP contribution is -2.09. The molecule has 3 nitrogen and oxygen atoms in total. The van der Waals surface area contributed by atoms with Crippen molar-refractivity contribution in [2.24, 2.45) is 0 Å². The molecule has 1 aromatic carbocycles. The van der Waals surface area contributed by atoms with Gasteiger partial charge in [-0.1, -0.05) is 24.3 Å². The lowest BCUT2D eigenvalue weighted by Gasteiger charge is -2.09. The van der Waals surface area contributed by atoms with Gasteiger partial charge in [0.15, 0.2) is 10.5 Å². The van der Waals surface area contributed by atoms with Crippen molar-refractivity contribution in [1.82, 2.24) is 4.57 Å². The van der Waals surface area contributed by atoms with Crippen molar-refractivity contribution in [2.75, 3.05) is 6.61 Å². The monoisotopic (exact) mass is 335 g/mol. The van der Waals surface area contributed by atoms with E-state index in [9.17, 15) is 13.6 Å². The number of thiophene rings is 1. The first-order valence-electron chi connectivity index (χ1n) is 7.29. The summed E-state index contributed by atoms with van der Waals surface area (Å²) in [6, 6.07) is 6.87. The largest absolute Gasteiger partial charge is 0.484 e. The summed E-state index contributed by atoms with van der Waals surface area (Å²) in [6.07, 6.45) is 2.41. The molecule has 0 bridgehead atoms. The smallest absolute Gasteiger partial charge is 0.190 e. The van der Waals surface area contributed by atoms with Crippen LogP contribution >= 0.6 is 11.3 Å². The number of hydrogen-bond acceptors (Lipinski definition) is 3. The Labute approximate surface area is 135 Å². The van der Waals surface area contributed by atoms with Crippen molar-refractivity contribution < 1.29 is 13.5 Å². The fraction of sp³-hybridized carbons (Fsp3) is 0.235. The molecule has 2 aromatic heterocycles. The van der Waals surface area contributed by atoms with Gasteiger partial charge in [-0.15, -0.1) is 0 Å². The normalized spacial score (nSPS) is 11.1. The van der Waals surface area contributed by atoms with Gasteiger partial charge in [-0.3, -0.25) is 4.79 Å². The van der Waals surface area contributed by atoms with Gasteiger partial charge in [0.05, 0.1) is 18.5 Å². The van der Waals surface area contributed by atoms with Gasteiger partial charge >= 0.3 is 0 Å². The van der Waals surface area contributed by atoms with Gasteiger partial charge in [0, 0.05) is 23.9 Å². The second kappa shape index (κ2) is 6.50. The molecule has 0 spiro atoms. The molecule has 3 rings (SSSR count). The quantitative estimate of drug-likeness (QED) is 0.700. The van der Waals surface area contributed by atoms with Crippen LogP contribution in [0.3, 0.4) is 0 Å². The Hall–Kier alpha value is -2.21. The van der Waals surface area contributed by atoms with Gasteiger partial charge in [-0.25, -0.2) is 8.78 Å². The Kier molecular flexibility index (Phi) is 4.43. The average Bonchev–Trinajstić information content (AvgIpc) is 2.96. The second-order valence-electron chi connectivity index (χ2n) is 5.14. The van der Waals surface area contributed by atoms with E-state index in [1.54, 1.807) is 16.8 Å². The van der Waals surface area contributed by atoms with Gasteiger partial charge in [-0.05, 0) is 18.6 Å². The first-order valence-corrected chi connectivity index (χ1v) is 8.10. The summed E-state index contributed by atoms with van der Waals surface area (Å²) in [6.45, 7) is 2.57. The standard InChI is InChI=1S/C17H15F2NO2S/c1-2-8-22-16-9-11-15(21)6-7-20(17(11)23-16)10-12-13(18)4-3-5-14(12)19/h3-7,9H,2,8,10H2,1H3. The van der Waals surface area contributed by atoms with Crippen LogP contribution in [0.1, 0.15) is 18.9 Å². The molecule has 3 aromatic rings. The summed E-state index contributed by atoms with van der Waals surface area (Å²) in [4.78, 5) is 12.6. The van der Waals surface area contributed by atoms with Crippen LogP contribution in [0, 0.1) is 11.6 Å². The molecule has 0 aliphatic carbocycles. The number of benzene rings is 1. The molecular formula is C17H15F2NO2S. The van der Waals surface area contributed by atoms with Gasteiger partial charge in [0.1, 0.15) is 16.5 Å². The number of aromatic nitrogens is 1. The molecule has 120 valence electrons. The number of nitrogens with zero attached hydrogens (tertiary/aromatic N) is 1. The van der Waals surface area contributed by atoms with Crippen LogP contribution in [0.5, 0.6) is 5.06 Å². The number of ether oxygens (including phenoxy) is 1. The molecule has 0 radical (unpaired) electrons. The Morgan fingerprint density at radius 1 is 1.22 bits per heavy atom. The summed E-state index contributed by atoms with van der Waals surface area (Å²) >= 11 is 1.30. The molecule has 0 N–H and O–H groups in total. The third kappa shape index (κ3) is 3.12. The maximum Gasteiger partial charge on any atom is 0.190 e. The highest BCUT2D eigenvalue weighted by molar-refractivity contribution is 7.20. The molecule has 0 saturated heterocycles. The van der Waals surface area contributed by atoms with Gasteiger partial charge in [-0.2, -0.15) is 0 Å². The number of pyridine rings is 1. The minimum absolute atomic E-state index is 0.0169. The first-order chi connectivity index (χ1) is 11.1. The number of halogens is 2. The van der Waals surface area contributed by atoms with E-state index >= 15 is 0 Å². The minimum Gasteiger partial charge on any atom is -0.484 e. The topological polar surface area (TPSA) is 31.2 Å². The van der Waals surface area contributed by atoms with E-state index in [0.717, 1.165) is 6.42 Å². The Balaban J connectivity index is 2.05. The first kappa shape index (κ1) is 15.7. The molecule has 0 aliphatic rings. The van der Waals surface area contributed by atoms with E-state index in [0.29, 0.717) is 21.9 Å². The van der Waals surface area contributed by atoms with Gasteiger partial charge in [0.25, 0.3) is 0 Å². The van der Waals surface area contributed by atoms with Crippen molar-refractivity contribution in [3.05, 3.63) is 63.9 Å². The fourth-order valence-corrected chi connectivity index (χ4v) is 3.34. The molecule has 0 unspecified atom stereocenters. The van der Waals surface area contributed by atoms with Gasteiger partial charge in [0.2, 0.25) is 0 Å². The van der Waals surface area contributed by atoms with Crippen LogP contribution in [0.4, 0.5) is 8.78 Å². The van der Waals surface area contributed by atoms with E-state index in [1.807, 2.05) is 6.92 Å². The summed E-state index contributed by atoms with van der Waals surface area (Å²) in [7, 11) is 0. The summed E-state index contributed by atoms with van der Waals surface area (Å²) in [5.74, 6) is -1.20. The second-order valence-corrected chi connectivity index (χ2v) is 6.13. The predicted octanol–water partition coefficient (Wildman–Crippen LogP) is 4.18. The number of fused-ring (bicyclic) bond motifs is 1. The van der Waals surface area contributed by atoms with Crippen molar-refractivity contribution in [3.63, 3.8) is 0 Å². The maximum atomic E-state index is 13.9. The van der Waals surface area contributed by atoms with Crippen molar-refractivity contribution in [1.29, 1.82) is 0 Å². The van der Waals surface area contributed by atoms with Crippen molar-refractivity contribution in [3.8, 4) is 5.06 Å². The number of hydrogen-bond donors (Lipinski definition) is 0. The third-order valence-corrected chi connectivity index (χ3v) is 4.55. The maximum absolute atomic E-state index is 13.9. The molecule has 23 heavy (non-hydrogen) atoms. The molecule has 0 aliphatic heterocycles. The number of rotatable bonds is 5. The molecule has 0 amide bonds. The predicted molar refractivity (Wildman–Crippen MR) is 87.3 cm³/mol. The van der Waals surface area contributed by atoms with E-state index in [-0.39, 0.29) is 17.5 Å². The molecular weight excluding hydrogens is 320 g/mol. The van der Waals surface area contributed by atoms with E-state index in [4.69, 9.17) is 4.74 Å². The molecule has 2 heterocycles. The Bertz CT molecular complexity index is 881. The van der Waals surface area contributed by atoms with Crippen molar-refractivity contribution >= 4 is 21.6 Å². The highest BCUT2D eigenvalue weighted by Gasteiger charge is 2.13. The highest BCUT2D eigenvalue weighted by Crippen LogP contribution is 2.30. The summed E-state index contributed by atoms with van der Waals surface area (Å²) < 4.78 is 34.9. The van der Waals surface area contributed by atoms with Crippen LogP contribution in [-0.2, 0) is 6.54 Å². The zero-order valence-electron chi connectivity index (χ0n) is 12.5. The van der Waals surface area contributed by atoms with E-state index in [1.165, 1.54) is 35.6 Å². The Morgan fingerprint density at radius 2 is 1.96 bits per heavy atom. The molecule has 6 heteroatoms. The average molecular weight is 335 g/mol. The van der Waals surface area contributed by atoms with E-state index in [2.05, 4.69) is 0 Å². The van der Waals surface area contributed by atoms with Gasteiger partial charge < -0.3 is 9.30 Å². The third-order valence-electron chi connectivity index (χ3n) is 3.46. The highest BCUT2D eigenvalue weighted by atomic mass is 32.1. The van der Waals surface area contributed by atoms with Crippen LogP contribution in [0.2, 0.25) is 0 Å². The Morgan fingerprint density at radius 3 is 2.65 bits per heavy atom. The van der Waals surface area contributed by atoms with Crippen LogP contribution < -0.4 is 10.2 Å². The van der Waals surface area contributed by atoms with Crippen LogP contribution in [0.15, 0.2) is 41.3 Å². The molecule has 0 fully saturated rings. The lowest BCUT2D eigenvalue weighted by molar-refractivity contribution is 0.327. The summed E-state index contributed by atoms with van der Waals surface area (Å²) in [5, 5.41) is 1.13. The SMILES string of the molecule is CCCOc1cc2c(=O)ccn(Cc3c(F)cccc3F)c2s1. The summed E-state index contributed by atoms with van der Waals surface area (Å²) in [5.41, 5.74) is -0.158. The van der Waals surface area contributed by atoms with Crippen LogP contribution in [0.25, 0.3) is 10.2 Å². The molecule has 0 atom stereocenters. The fourth-order valence-electron chi connectivity index (χ4n) is 2.32. The van der Waals surface area contributed by atoms with E-state index < -0.39 is 11.6 Å². The lowest BCUT2D eigenvalue weighted by atomic mass is 10.2. The molecule has 0 saturated carbocycles. The van der Waals surface area contributed by atoms with Crippen molar-refractivity contribution in [2.45, 2.75) is 19.9 Å². The minimum atomic E-state index is -0.601.